The summed E-state index contributed by atoms with van der Waals surface area (Å²) >= 11 is 0. The Morgan fingerprint density at radius 2 is 1.88 bits per heavy atom. The van der Waals surface area contributed by atoms with E-state index in [1.807, 2.05) is 0 Å². The topological polar surface area (TPSA) is 37.3 Å². The lowest BCUT2D eigenvalue weighted by Crippen LogP contribution is -1.91. The SMILES string of the molecule is CCCCCCC(=O)C=Cc1ccc(O)cc1. The molecule has 0 unspecified atom stereocenters. The molecule has 0 heterocycles. The normalized spacial score (nSPS) is 10.9. The fourth-order valence-electron chi connectivity index (χ4n) is 1.58. The molecule has 1 aromatic carbocycles. The quantitative estimate of drug-likeness (QED) is 0.571. The lowest BCUT2D eigenvalue weighted by molar-refractivity contribution is -0.114. The highest BCUT2D eigenvalue weighted by atomic mass is 16.3. The standard InChI is InChI=1S/C15H20O2/c1-2-3-4-5-6-14(16)10-7-13-8-11-15(17)12-9-13/h7-12,17H,2-6H2,1H3. The van der Waals surface area contributed by atoms with Gasteiger partial charge in [0.2, 0.25) is 0 Å². The number of rotatable bonds is 7. The van der Waals surface area contributed by atoms with E-state index in [1.54, 1.807) is 36.4 Å². The van der Waals surface area contributed by atoms with Crippen LogP contribution in [0.1, 0.15) is 44.6 Å². The van der Waals surface area contributed by atoms with Crippen LogP contribution in [0, 0.1) is 0 Å². The minimum Gasteiger partial charge on any atom is -0.508 e. The summed E-state index contributed by atoms with van der Waals surface area (Å²) in [7, 11) is 0. The molecule has 0 amide bonds. The predicted octanol–water partition coefficient (Wildman–Crippen LogP) is 3.94. The molecule has 0 saturated carbocycles. The first-order valence-corrected chi connectivity index (χ1v) is 6.22. The Morgan fingerprint density at radius 3 is 2.53 bits per heavy atom. The third kappa shape index (κ3) is 5.91. The molecule has 0 radical (unpaired) electrons. The molecule has 17 heavy (non-hydrogen) atoms. The van der Waals surface area contributed by atoms with Gasteiger partial charge in [-0.05, 0) is 30.2 Å². The average molecular weight is 232 g/mol. The summed E-state index contributed by atoms with van der Waals surface area (Å²) in [4.78, 5) is 11.5. The van der Waals surface area contributed by atoms with E-state index in [1.165, 1.54) is 12.8 Å². The zero-order valence-corrected chi connectivity index (χ0v) is 10.4. The summed E-state index contributed by atoms with van der Waals surface area (Å²) < 4.78 is 0. The second-order valence-electron chi connectivity index (χ2n) is 4.20. The van der Waals surface area contributed by atoms with E-state index >= 15 is 0 Å². The molecule has 2 heteroatoms. The summed E-state index contributed by atoms with van der Waals surface area (Å²) in [6, 6.07) is 6.81. The van der Waals surface area contributed by atoms with Crippen molar-refractivity contribution in [2.45, 2.75) is 39.0 Å². The van der Waals surface area contributed by atoms with E-state index < -0.39 is 0 Å². The van der Waals surface area contributed by atoms with Crippen LogP contribution in [0.4, 0.5) is 0 Å². The van der Waals surface area contributed by atoms with Crippen molar-refractivity contribution >= 4 is 11.9 Å². The zero-order valence-electron chi connectivity index (χ0n) is 10.4. The van der Waals surface area contributed by atoms with Crippen LogP contribution >= 0.6 is 0 Å². The Balaban J connectivity index is 2.32. The number of benzene rings is 1. The number of phenols is 1. The number of allylic oxidation sites excluding steroid dienone is 1. The lowest BCUT2D eigenvalue weighted by Gasteiger charge is -1.96. The summed E-state index contributed by atoms with van der Waals surface area (Å²) in [5.41, 5.74) is 0.935. The highest BCUT2D eigenvalue weighted by molar-refractivity contribution is 5.93. The average Bonchev–Trinajstić information content (AvgIpc) is 2.34. The molecular weight excluding hydrogens is 212 g/mol. The van der Waals surface area contributed by atoms with E-state index in [4.69, 9.17) is 5.11 Å². The fraction of sp³-hybridized carbons (Fsp3) is 0.400. The number of carbonyl (C=O) groups is 1. The molecule has 0 aliphatic rings. The Morgan fingerprint density at radius 1 is 1.18 bits per heavy atom. The van der Waals surface area contributed by atoms with Crippen molar-refractivity contribution in [3.05, 3.63) is 35.9 Å². The molecule has 1 aromatic rings. The minimum atomic E-state index is 0.175. The molecule has 1 rings (SSSR count). The maximum atomic E-state index is 11.5. The molecule has 0 aliphatic carbocycles. The highest BCUT2D eigenvalue weighted by Crippen LogP contribution is 2.11. The maximum absolute atomic E-state index is 11.5. The van der Waals surface area contributed by atoms with Gasteiger partial charge in [0.1, 0.15) is 5.75 Å². The third-order valence-corrected chi connectivity index (χ3v) is 2.63. The molecule has 0 aromatic heterocycles. The van der Waals surface area contributed by atoms with E-state index in [9.17, 15) is 4.79 Å². The van der Waals surface area contributed by atoms with Gasteiger partial charge in [-0.15, -0.1) is 0 Å². The van der Waals surface area contributed by atoms with Gasteiger partial charge in [0.15, 0.2) is 5.78 Å². The highest BCUT2D eigenvalue weighted by Gasteiger charge is 1.96. The van der Waals surface area contributed by atoms with Crippen molar-refractivity contribution in [1.29, 1.82) is 0 Å². The third-order valence-electron chi connectivity index (χ3n) is 2.63. The molecule has 0 aliphatic heterocycles. The van der Waals surface area contributed by atoms with E-state index in [2.05, 4.69) is 6.92 Å². The first-order valence-electron chi connectivity index (χ1n) is 6.22. The van der Waals surface area contributed by atoms with Crippen molar-refractivity contribution in [2.24, 2.45) is 0 Å². The van der Waals surface area contributed by atoms with Crippen LogP contribution in [0.15, 0.2) is 30.3 Å². The van der Waals surface area contributed by atoms with E-state index in [-0.39, 0.29) is 11.5 Å². The second-order valence-corrected chi connectivity index (χ2v) is 4.20. The fourth-order valence-corrected chi connectivity index (χ4v) is 1.58. The van der Waals surface area contributed by atoms with Crippen molar-refractivity contribution < 1.29 is 9.90 Å². The molecule has 0 spiro atoms. The second kappa shape index (κ2) is 7.66. The van der Waals surface area contributed by atoms with Crippen molar-refractivity contribution in [3.63, 3.8) is 0 Å². The monoisotopic (exact) mass is 232 g/mol. The van der Waals surface area contributed by atoms with Crippen LogP contribution in [-0.4, -0.2) is 10.9 Å². The van der Waals surface area contributed by atoms with Gasteiger partial charge in [0.05, 0.1) is 0 Å². The summed E-state index contributed by atoms with van der Waals surface area (Å²) in [5.74, 6) is 0.419. The van der Waals surface area contributed by atoms with Crippen LogP contribution in [0.5, 0.6) is 5.75 Å². The predicted molar refractivity (Wildman–Crippen MR) is 70.9 cm³/mol. The van der Waals surface area contributed by atoms with Crippen molar-refractivity contribution in [3.8, 4) is 5.75 Å². The lowest BCUT2D eigenvalue weighted by atomic mass is 10.1. The molecule has 92 valence electrons. The molecule has 2 nitrogen and oxygen atoms in total. The van der Waals surface area contributed by atoms with Gasteiger partial charge in [0, 0.05) is 6.42 Å². The Kier molecular flexibility index (Phi) is 6.08. The molecule has 1 N–H and O–H groups in total. The van der Waals surface area contributed by atoms with Gasteiger partial charge in [-0.3, -0.25) is 4.79 Å². The summed E-state index contributed by atoms with van der Waals surface area (Å²) in [6.07, 6.45) is 8.56. The minimum absolute atomic E-state index is 0.175. The molecule has 0 saturated heterocycles. The number of ketones is 1. The van der Waals surface area contributed by atoms with Gasteiger partial charge < -0.3 is 5.11 Å². The van der Waals surface area contributed by atoms with Gasteiger partial charge in [0.25, 0.3) is 0 Å². The van der Waals surface area contributed by atoms with Crippen LogP contribution in [-0.2, 0) is 4.79 Å². The van der Waals surface area contributed by atoms with Gasteiger partial charge in [-0.2, -0.15) is 0 Å². The first-order chi connectivity index (χ1) is 8.22. The number of hydrogen-bond donors (Lipinski definition) is 1. The molecule has 0 atom stereocenters. The first kappa shape index (κ1) is 13.5. The van der Waals surface area contributed by atoms with Crippen LogP contribution in [0.2, 0.25) is 0 Å². The van der Waals surface area contributed by atoms with E-state index in [0.29, 0.717) is 6.42 Å². The number of unbranched alkanes of at least 4 members (excludes halogenated alkanes) is 3. The number of hydrogen-bond acceptors (Lipinski definition) is 2. The van der Waals surface area contributed by atoms with Crippen molar-refractivity contribution in [2.75, 3.05) is 0 Å². The van der Waals surface area contributed by atoms with E-state index in [0.717, 1.165) is 18.4 Å². The Bertz CT molecular complexity index is 363. The van der Waals surface area contributed by atoms with Crippen LogP contribution in [0.25, 0.3) is 6.08 Å². The molecule has 0 fully saturated rings. The van der Waals surface area contributed by atoms with Crippen molar-refractivity contribution in [1.82, 2.24) is 0 Å². The largest absolute Gasteiger partial charge is 0.508 e. The maximum Gasteiger partial charge on any atom is 0.155 e. The van der Waals surface area contributed by atoms with Gasteiger partial charge >= 0.3 is 0 Å². The molecule has 0 bridgehead atoms. The number of aromatic hydroxyl groups is 1. The Hall–Kier alpha value is -1.57. The number of phenolic OH excluding ortho intramolecular Hbond substituents is 1. The zero-order chi connectivity index (χ0) is 12.5. The van der Waals surface area contributed by atoms with Gasteiger partial charge in [-0.1, -0.05) is 44.4 Å². The smallest absolute Gasteiger partial charge is 0.155 e. The van der Waals surface area contributed by atoms with Crippen LogP contribution in [0.3, 0.4) is 0 Å². The summed E-state index contributed by atoms with van der Waals surface area (Å²) in [6.45, 7) is 2.16. The summed E-state index contributed by atoms with van der Waals surface area (Å²) in [5, 5.41) is 9.11. The molecular formula is C15H20O2. The van der Waals surface area contributed by atoms with Gasteiger partial charge in [-0.25, -0.2) is 0 Å². The van der Waals surface area contributed by atoms with Crippen LogP contribution < -0.4 is 0 Å². The Labute approximate surface area is 103 Å². The number of carbonyl (C=O) groups excluding carboxylic acids is 1.